The maximum absolute atomic E-state index is 12.8. The molecular formula is C21H30O5. The van der Waals surface area contributed by atoms with E-state index in [9.17, 15) is 24.6 Å². The van der Waals surface area contributed by atoms with Crippen molar-refractivity contribution in [2.45, 2.75) is 60.0 Å². The minimum Gasteiger partial charge on any atom is -0.508 e. The summed E-state index contributed by atoms with van der Waals surface area (Å²) in [6.07, 6.45) is 5.04. The summed E-state index contributed by atoms with van der Waals surface area (Å²) >= 11 is 0. The molecular weight excluding hydrogens is 332 g/mol. The zero-order valence-corrected chi connectivity index (χ0v) is 16.5. The van der Waals surface area contributed by atoms with Gasteiger partial charge in [-0.1, -0.05) is 45.4 Å². The van der Waals surface area contributed by atoms with Crippen LogP contribution in [0.4, 0.5) is 0 Å². The van der Waals surface area contributed by atoms with Crippen LogP contribution in [0.1, 0.15) is 54.4 Å². The molecule has 0 amide bonds. The fourth-order valence-corrected chi connectivity index (χ4v) is 2.83. The Bertz CT molecular complexity index is 677. The fraction of sp³-hybridized carbons (Fsp3) is 0.571. The van der Waals surface area contributed by atoms with Gasteiger partial charge in [-0.05, 0) is 38.7 Å². The second-order valence-electron chi connectivity index (χ2n) is 7.56. The van der Waals surface area contributed by atoms with Gasteiger partial charge in [0.1, 0.15) is 11.3 Å². The van der Waals surface area contributed by atoms with Crippen molar-refractivity contribution in [2.75, 3.05) is 0 Å². The van der Waals surface area contributed by atoms with E-state index < -0.39 is 46.1 Å². The van der Waals surface area contributed by atoms with Crippen molar-refractivity contribution in [3.8, 4) is 0 Å². The van der Waals surface area contributed by atoms with Crippen molar-refractivity contribution in [2.24, 2.45) is 17.8 Å². The third kappa shape index (κ3) is 4.21. The smallest absolute Gasteiger partial charge is 0.195 e. The van der Waals surface area contributed by atoms with E-state index in [-0.39, 0.29) is 12.3 Å². The Kier molecular flexibility index (Phi) is 7.27. The number of hydrogen-bond donors (Lipinski definition) is 2. The Morgan fingerprint density at radius 2 is 1.81 bits per heavy atom. The summed E-state index contributed by atoms with van der Waals surface area (Å²) in [7, 11) is 0. The van der Waals surface area contributed by atoms with Crippen molar-refractivity contribution < 1.29 is 24.6 Å². The van der Waals surface area contributed by atoms with Crippen LogP contribution in [0.15, 0.2) is 35.1 Å². The Morgan fingerprint density at radius 3 is 2.27 bits per heavy atom. The molecule has 0 fully saturated rings. The molecule has 5 nitrogen and oxygen atoms in total. The van der Waals surface area contributed by atoms with Crippen LogP contribution in [0.2, 0.25) is 0 Å². The topological polar surface area (TPSA) is 91.7 Å². The summed E-state index contributed by atoms with van der Waals surface area (Å²) < 4.78 is 0. The van der Waals surface area contributed by atoms with Gasteiger partial charge in [0.05, 0.1) is 5.92 Å². The molecule has 0 spiro atoms. The first-order valence-electron chi connectivity index (χ1n) is 9.08. The lowest BCUT2D eigenvalue weighted by Gasteiger charge is -2.26. The molecule has 3 atom stereocenters. The Labute approximate surface area is 155 Å². The van der Waals surface area contributed by atoms with Gasteiger partial charge < -0.3 is 10.2 Å². The summed E-state index contributed by atoms with van der Waals surface area (Å²) in [6, 6.07) is 0. The van der Waals surface area contributed by atoms with Gasteiger partial charge in [0.2, 0.25) is 0 Å². The molecule has 26 heavy (non-hydrogen) atoms. The highest BCUT2D eigenvalue weighted by Gasteiger charge is 2.58. The zero-order valence-electron chi connectivity index (χ0n) is 16.5. The first-order chi connectivity index (χ1) is 12.0. The highest BCUT2D eigenvalue weighted by atomic mass is 16.3. The molecule has 2 unspecified atom stereocenters. The molecule has 1 rings (SSSR count). The first kappa shape index (κ1) is 22.0. The summed E-state index contributed by atoms with van der Waals surface area (Å²) in [5.41, 5.74) is -1.92. The molecule has 144 valence electrons. The monoisotopic (exact) mass is 362 g/mol. The number of rotatable bonds is 8. The van der Waals surface area contributed by atoms with Crippen LogP contribution in [0.5, 0.6) is 0 Å². The number of aliphatic hydroxyl groups excluding tert-OH is 1. The van der Waals surface area contributed by atoms with E-state index in [4.69, 9.17) is 0 Å². The highest BCUT2D eigenvalue weighted by molar-refractivity contribution is 6.27. The molecule has 2 N–H and O–H groups in total. The maximum atomic E-state index is 12.8. The average molecular weight is 362 g/mol. The van der Waals surface area contributed by atoms with E-state index >= 15 is 0 Å². The van der Waals surface area contributed by atoms with Crippen molar-refractivity contribution in [3.63, 3.8) is 0 Å². The predicted octanol–water partition coefficient (Wildman–Crippen LogP) is 3.48. The van der Waals surface area contributed by atoms with Crippen molar-refractivity contribution in [3.05, 3.63) is 35.1 Å². The number of ketones is 3. The molecule has 0 aliphatic heterocycles. The van der Waals surface area contributed by atoms with Crippen molar-refractivity contribution >= 4 is 17.3 Å². The molecule has 5 heteroatoms. The van der Waals surface area contributed by atoms with Gasteiger partial charge in [-0.2, -0.15) is 0 Å². The number of allylic oxidation sites excluding steroid dienone is 4. The standard InChI is InChI=1S/C21H30O5/c1-7-14(6)18(23)17-19(24)15(10-8-12(2)3)21(26,20(17)25)16(22)11-9-13(4)5/h8-9,11,13-15,25-26H,7,10H2,1-6H3/b11-9+/t14?,15?,21-/m1/s1. The minimum absolute atomic E-state index is 0.0585. The Morgan fingerprint density at radius 1 is 1.23 bits per heavy atom. The van der Waals surface area contributed by atoms with Gasteiger partial charge in [0.15, 0.2) is 23.0 Å². The lowest BCUT2D eigenvalue weighted by atomic mass is 9.82. The third-order valence-corrected chi connectivity index (χ3v) is 4.74. The summed E-state index contributed by atoms with van der Waals surface area (Å²) in [5, 5.41) is 21.6. The van der Waals surface area contributed by atoms with Gasteiger partial charge in [-0.15, -0.1) is 0 Å². The van der Waals surface area contributed by atoms with Gasteiger partial charge in [-0.3, -0.25) is 14.4 Å². The number of carbonyl (C=O) groups is 3. The molecule has 1 aliphatic carbocycles. The third-order valence-electron chi connectivity index (χ3n) is 4.74. The Balaban J connectivity index is 3.48. The van der Waals surface area contributed by atoms with Crippen LogP contribution < -0.4 is 0 Å². The average Bonchev–Trinajstić information content (AvgIpc) is 2.76. The second-order valence-corrected chi connectivity index (χ2v) is 7.56. The second kappa shape index (κ2) is 8.58. The molecule has 0 heterocycles. The summed E-state index contributed by atoms with van der Waals surface area (Å²) in [4.78, 5) is 38.1. The van der Waals surface area contributed by atoms with Crippen LogP contribution in [0.3, 0.4) is 0 Å². The predicted molar refractivity (Wildman–Crippen MR) is 101 cm³/mol. The van der Waals surface area contributed by atoms with Gasteiger partial charge in [0.25, 0.3) is 0 Å². The van der Waals surface area contributed by atoms with Gasteiger partial charge in [-0.25, -0.2) is 0 Å². The highest BCUT2D eigenvalue weighted by Crippen LogP contribution is 2.41. The van der Waals surface area contributed by atoms with E-state index in [1.54, 1.807) is 26.0 Å². The lowest BCUT2D eigenvalue weighted by Crippen LogP contribution is -2.45. The minimum atomic E-state index is -2.40. The zero-order chi connectivity index (χ0) is 20.2. The van der Waals surface area contributed by atoms with E-state index in [0.717, 1.165) is 5.57 Å². The van der Waals surface area contributed by atoms with Crippen LogP contribution in [0.25, 0.3) is 0 Å². The normalized spacial score (nSPS) is 24.5. The van der Waals surface area contributed by atoms with Crippen LogP contribution in [-0.2, 0) is 14.4 Å². The van der Waals surface area contributed by atoms with Gasteiger partial charge in [0, 0.05) is 5.92 Å². The molecule has 0 saturated carbocycles. The van der Waals surface area contributed by atoms with Gasteiger partial charge >= 0.3 is 0 Å². The van der Waals surface area contributed by atoms with Crippen LogP contribution in [-0.4, -0.2) is 33.2 Å². The van der Waals surface area contributed by atoms with E-state index in [1.165, 1.54) is 6.08 Å². The van der Waals surface area contributed by atoms with Crippen LogP contribution in [0, 0.1) is 17.8 Å². The number of hydrogen-bond acceptors (Lipinski definition) is 5. The van der Waals surface area contributed by atoms with Crippen LogP contribution >= 0.6 is 0 Å². The summed E-state index contributed by atoms with van der Waals surface area (Å²) in [6.45, 7) is 10.8. The molecule has 1 aliphatic rings. The number of Topliss-reactive ketones (excluding diaryl/α,β-unsaturated/α-hetero) is 2. The molecule has 0 aromatic carbocycles. The quantitative estimate of drug-likeness (QED) is 0.392. The SMILES string of the molecule is CCC(C)C(=O)C1=C(O)[C@](O)(C(=O)/C=C/C(C)C)C(CC=C(C)C)C1=O. The summed E-state index contributed by atoms with van der Waals surface area (Å²) in [5.74, 6) is -4.42. The largest absolute Gasteiger partial charge is 0.508 e. The maximum Gasteiger partial charge on any atom is 0.195 e. The molecule has 0 bridgehead atoms. The first-order valence-corrected chi connectivity index (χ1v) is 9.08. The molecule has 0 radical (unpaired) electrons. The molecule has 0 aromatic rings. The Hall–Kier alpha value is -2.01. The van der Waals surface area contributed by atoms with E-state index in [2.05, 4.69) is 0 Å². The number of carbonyl (C=O) groups excluding carboxylic acids is 3. The molecule has 0 aromatic heterocycles. The van der Waals surface area contributed by atoms with Crippen molar-refractivity contribution in [1.82, 2.24) is 0 Å². The van der Waals surface area contributed by atoms with E-state index in [0.29, 0.717) is 6.42 Å². The van der Waals surface area contributed by atoms with E-state index in [1.807, 2.05) is 27.7 Å². The molecule has 0 saturated heterocycles. The lowest BCUT2D eigenvalue weighted by molar-refractivity contribution is -0.140. The fourth-order valence-electron chi connectivity index (χ4n) is 2.83. The van der Waals surface area contributed by atoms with Crippen molar-refractivity contribution in [1.29, 1.82) is 0 Å². The number of aliphatic hydroxyl groups is 2.